The second-order valence-electron chi connectivity index (χ2n) is 4.69. The van der Waals surface area contributed by atoms with Crippen molar-refractivity contribution in [1.82, 2.24) is 5.32 Å². The SMILES string of the molecule is CCCC1CC(NCC=C(C)C)CCO1. The third-order valence-corrected chi connectivity index (χ3v) is 2.89. The molecule has 0 aliphatic carbocycles. The minimum Gasteiger partial charge on any atom is -0.378 e. The van der Waals surface area contributed by atoms with Crippen molar-refractivity contribution in [3.63, 3.8) is 0 Å². The molecule has 0 bridgehead atoms. The topological polar surface area (TPSA) is 21.3 Å². The van der Waals surface area contributed by atoms with Crippen LogP contribution in [0.2, 0.25) is 0 Å². The highest BCUT2D eigenvalue weighted by Gasteiger charge is 2.20. The summed E-state index contributed by atoms with van der Waals surface area (Å²) in [6.45, 7) is 8.45. The van der Waals surface area contributed by atoms with Gasteiger partial charge in [0.25, 0.3) is 0 Å². The van der Waals surface area contributed by atoms with E-state index in [9.17, 15) is 0 Å². The van der Waals surface area contributed by atoms with Crippen LogP contribution < -0.4 is 5.32 Å². The molecule has 1 heterocycles. The number of rotatable bonds is 5. The molecule has 2 atom stereocenters. The van der Waals surface area contributed by atoms with Gasteiger partial charge in [-0.3, -0.25) is 0 Å². The van der Waals surface area contributed by atoms with Crippen LogP contribution in [0.3, 0.4) is 0 Å². The molecule has 0 saturated carbocycles. The quantitative estimate of drug-likeness (QED) is 0.706. The first kappa shape index (κ1) is 12.7. The third-order valence-electron chi connectivity index (χ3n) is 2.89. The molecule has 2 unspecified atom stereocenters. The Morgan fingerprint density at radius 3 is 2.93 bits per heavy atom. The number of nitrogens with one attached hydrogen (secondary N) is 1. The maximum absolute atomic E-state index is 5.72. The molecule has 1 aliphatic rings. The fraction of sp³-hybridized carbons (Fsp3) is 0.846. The number of hydrogen-bond acceptors (Lipinski definition) is 2. The van der Waals surface area contributed by atoms with Gasteiger partial charge in [0.1, 0.15) is 0 Å². The van der Waals surface area contributed by atoms with Gasteiger partial charge in [-0.05, 0) is 33.1 Å². The van der Waals surface area contributed by atoms with E-state index in [1.54, 1.807) is 0 Å². The smallest absolute Gasteiger partial charge is 0.0589 e. The summed E-state index contributed by atoms with van der Waals surface area (Å²) < 4.78 is 5.72. The molecule has 0 radical (unpaired) electrons. The van der Waals surface area contributed by atoms with Gasteiger partial charge in [0, 0.05) is 19.2 Å². The molecule has 1 rings (SSSR count). The Morgan fingerprint density at radius 2 is 2.27 bits per heavy atom. The van der Waals surface area contributed by atoms with Crippen LogP contribution in [0.25, 0.3) is 0 Å². The van der Waals surface area contributed by atoms with Crippen LogP contribution in [0, 0.1) is 0 Å². The van der Waals surface area contributed by atoms with E-state index < -0.39 is 0 Å². The van der Waals surface area contributed by atoms with E-state index in [4.69, 9.17) is 4.74 Å². The second kappa shape index (κ2) is 7.02. The first-order chi connectivity index (χ1) is 7.22. The van der Waals surface area contributed by atoms with Gasteiger partial charge in [-0.15, -0.1) is 0 Å². The third kappa shape index (κ3) is 5.33. The fourth-order valence-electron chi connectivity index (χ4n) is 2.02. The number of allylic oxidation sites excluding steroid dienone is 1. The fourth-order valence-corrected chi connectivity index (χ4v) is 2.02. The molecular weight excluding hydrogens is 186 g/mol. The number of ether oxygens (including phenoxy) is 1. The van der Waals surface area contributed by atoms with E-state index in [2.05, 4.69) is 32.2 Å². The predicted molar refractivity (Wildman–Crippen MR) is 65.1 cm³/mol. The highest BCUT2D eigenvalue weighted by molar-refractivity contribution is 4.95. The van der Waals surface area contributed by atoms with Crippen molar-refractivity contribution < 1.29 is 4.74 Å². The van der Waals surface area contributed by atoms with Crippen molar-refractivity contribution in [3.05, 3.63) is 11.6 Å². The molecule has 0 aromatic rings. The molecule has 2 heteroatoms. The van der Waals surface area contributed by atoms with E-state index in [1.165, 1.54) is 24.8 Å². The Morgan fingerprint density at radius 1 is 1.47 bits per heavy atom. The van der Waals surface area contributed by atoms with Crippen molar-refractivity contribution in [2.24, 2.45) is 0 Å². The summed E-state index contributed by atoms with van der Waals surface area (Å²) in [6, 6.07) is 0.658. The van der Waals surface area contributed by atoms with Crippen LogP contribution in [0.5, 0.6) is 0 Å². The summed E-state index contributed by atoms with van der Waals surface area (Å²) in [5.74, 6) is 0. The monoisotopic (exact) mass is 211 g/mol. The standard InChI is InChI=1S/C13H25NO/c1-4-5-13-10-12(7-9-15-13)14-8-6-11(2)3/h6,12-14H,4-5,7-10H2,1-3H3. The van der Waals surface area contributed by atoms with Crippen LogP contribution in [0.4, 0.5) is 0 Å². The van der Waals surface area contributed by atoms with Crippen molar-refractivity contribution in [3.8, 4) is 0 Å². The largest absolute Gasteiger partial charge is 0.378 e. The Kier molecular flexibility index (Phi) is 5.96. The predicted octanol–water partition coefficient (Wildman–Crippen LogP) is 2.89. The van der Waals surface area contributed by atoms with E-state index in [0.717, 1.165) is 19.6 Å². The average molecular weight is 211 g/mol. The average Bonchev–Trinajstić information content (AvgIpc) is 2.18. The zero-order chi connectivity index (χ0) is 11.1. The maximum atomic E-state index is 5.72. The van der Waals surface area contributed by atoms with E-state index >= 15 is 0 Å². The van der Waals surface area contributed by atoms with Gasteiger partial charge in [-0.1, -0.05) is 25.0 Å². The van der Waals surface area contributed by atoms with Crippen LogP contribution in [-0.4, -0.2) is 25.3 Å². The van der Waals surface area contributed by atoms with Crippen molar-refractivity contribution >= 4 is 0 Å². The highest BCUT2D eigenvalue weighted by Crippen LogP contribution is 2.17. The first-order valence-corrected chi connectivity index (χ1v) is 6.20. The minimum absolute atomic E-state index is 0.493. The lowest BCUT2D eigenvalue weighted by Gasteiger charge is -2.29. The van der Waals surface area contributed by atoms with Crippen LogP contribution in [0.15, 0.2) is 11.6 Å². The highest BCUT2D eigenvalue weighted by atomic mass is 16.5. The molecule has 2 nitrogen and oxygen atoms in total. The van der Waals surface area contributed by atoms with Crippen molar-refractivity contribution in [1.29, 1.82) is 0 Å². The number of hydrogen-bond donors (Lipinski definition) is 1. The molecule has 1 N–H and O–H groups in total. The molecular formula is C13H25NO. The van der Waals surface area contributed by atoms with Gasteiger partial charge in [0.15, 0.2) is 0 Å². The lowest BCUT2D eigenvalue weighted by molar-refractivity contribution is -0.00255. The van der Waals surface area contributed by atoms with Gasteiger partial charge in [-0.2, -0.15) is 0 Å². The zero-order valence-electron chi connectivity index (χ0n) is 10.4. The van der Waals surface area contributed by atoms with E-state index in [-0.39, 0.29) is 0 Å². The summed E-state index contributed by atoms with van der Waals surface area (Å²) in [5, 5.41) is 3.58. The Hall–Kier alpha value is -0.340. The Labute approximate surface area is 94.1 Å². The molecule has 0 aromatic carbocycles. The molecule has 0 amide bonds. The lowest BCUT2D eigenvalue weighted by atomic mass is 10.00. The summed E-state index contributed by atoms with van der Waals surface area (Å²) in [5.41, 5.74) is 1.39. The van der Waals surface area contributed by atoms with Gasteiger partial charge in [0.2, 0.25) is 0 Å². The normalized spacial score (nSPS) is 26.3. The molecule has 0 spiro atoms. The van der Waals surface area contributed by atoms with Gasteiger partial charge in [-0.25, -0.2) is 0 Å². The molecule has 0 aromatic heterocycles. The van der Waals surface area contributed by atoms with E-state index in [1.807, 2.05) is 0 Å². The lowest BCUT2D eigenvalue weighted by Crippen LogP contribution is -2.39. The van der Waals surface area contributed by atoms with Crippen LogP contribution in [0.1, 0.15) is 46.5 Å². The molecule has 1 fully saturated rings. The minimum atomic E-state index is 0.493. The Balaban J connectivity index is 2.21. The van der Waals surface area contributed by atoms with E-state index in [0.29, 0.717) is 12.1 Å². The maximum Gasteiger partial charge on any atom is 0.0589 e. The van der Waals surface area contributed by atoms with Crippen LogP contribution >= 0.6 is 0 Å². The summed E-state index contributed by atoms with van der Waals surface area (Å²) in [7, 11) is 0. The molecule has 1 saturated heterocycles. The first-order valence-electron chi connectivity index (χ1n) is 6.20. The molecule has 88 valence electrons. The second-order valence-corrected chi connectivity index (χ2v) is 4.69. The summed E-state index contributed by atoms with van der Waals surface area (Å²) in [6.07, 6.45) is 7.53. The molecule has 15 heavy (non-hydrogen) atoms. The van der Waals surface area contributed by atoms with Gasteiger partial charge in [0.05, 0.1) is 6.10 Å². The molecule has 1 aliphatic heterocycles. The van der Waals surface area contributed by atoms with Crippen LogP contribution in [-0.2, 0) is 4.74 Å². The van der Waals surface area contributed by atoms with Gasteiger partial charge < -0.3 is 10.1 Å². The summed E-state index contributed by atoms with van der Waals surface area (Å²) >= 11 is 0. The van der Waals surface area contributed by atoms with Crippen molar-refractivity contribution in [2.75, 3.05) is 13.2 Å². The van der Waals surface area contributed by atoms with Crippen molar-refractivity contribution in [2.45, 2.75) is 58.6 Å². The Bertz CT molecular complexity index is 195. The summed E-state index contributed by atoms with van der Waals surface area (Å²) in [4.78, 5) is 0. The van der Waals surface area contributed by atoms with Gasteiger partial charge >= 0.3 is 0 Å². The zero-order valence-corrected chi connectivity index (χ0v) is 10.4.